The fourth-order valence-corrected chi connectivity index (χ4v) is 5.21. The molecule has 0 unspecified atom stereocenters. The Morgan fingerprint density at radius 2 is 1.61 bits per heavy atom. The molecule has 4 N–H and O–H groups in total. The highest BCUT2D eigenvalue weighted by molar-refractivity contribution is 7.92. The minimum Gasteiger partial charge on any atom is -0.478 e. The molecule has 11 nitrogen and oxygen atoms in total. The quantitative estimate of drug-likeness (QED) is 0.300. The number of carboxylic acids is 2. The molecule has 1 fully saturated rings. The number of aliphatic carboxylic acids is 1. The molecule has 15 heteroatoms. The van der Waals surface area contributed by atoms with Crippen molar-refractivity contribution in [3.05, 3.63) is 53.6 Å². The summed E-state index contributed by atoms with van der Waals surface area (Å²) in [5, 5.41) is 19.8. The number of hydrogen-bond donors (Lipinski definition) is 4. The predicted octanol–water partition coefficient (Wildman–Crippen LogP) is 3.17. The van der Waals surface area contributed by atoms with Gasteiger partial charge in [-0.05, 0) is 43.2 Å². The first kappa shape index (κ1) is 33.4. The first-order valence-corrected chi connectivity index (χ1v) is 14.1. The van der Waals surface area contributed by atoms with Gasteiger partial charge < -0.3 is 20.4 Å². The molecule has 2 aromatic rings. The molecular formula is C26H33F3N4O7S. The van der Waals surface area contributed by atoms with E-state index in [0.717, 1.165) is 12.8 Å². The zero-order valence-corrected chi connectivity index (χ0v) is 23.4. The Hall–Kier alpha value is -3.85. The molecule has 1 aliphatic rings. The number of sulfonamides is 1. The van der Waals surface area contributed by atoms with Crippen LogP contribution >= 0.6 is 0 Å². The normalized spacial score (nSPS) is 14.0. The molecule has 0 aliphatic carbocycles. The number of carbonyl (C=O) groups is 3. The molecule has 1 amide bonds. The second-order valence-corrected chi connectivity index (χ2v) is 10.8. The molecule has 1 heterocycles. The number of hydrogen-bond acceptors (Lipinski definition) is 7. The lowest BCUT2D eigenvalue weighted by Gasteiger charge is -2.36. The van der Waals surface area contributed by atoms with Gasteiger partial charge in [0.2, 0.25) is 5.91 Å². The number of halogens is 3. The van der Waals surface area contributed by atoms with Crippen LogP contribution in [-0.4, -0.2) is 86.8 Å². The Bertz CT molecular complexity index is 1330. The van der Waals surface area contributed by atoms with E-state index in [-0.39, 0.29) is 22.1 Å². The number of benzene rings is 2. The van der Waals surface area contributed by atoms with Crippen molar-refractivity contribution < 1.29 is 46.2 Å². The molecule has 41 heavy (non-hydrogen) atoms. The van der Waals surface area contributed by atoms with Gasteiger partial charge in [0.05, 0.1) is 22.7 Å². The molecule has 1 saturated heterocycles. The van der Waals surface area contributed by atoms with Crippen LogP contribution in [0.4, 0.5) is 24.5 Å². The standard InChI is InChI=1S/C24H32N4O5S.C2HF3O2/c1-3-4-11-25-23(29)17-27-12-14-28(15-13-27)19-9-10-21(20(16-19)24(30)31)26-34(32,33)22-8-6-5-7-18(22)2;3-2(4,5)1(6)7/h5-10,16,26H,3-4,11-15,17H2,1-2H3,(H,25,29)(H,30,31);(H,6,7). The predicted molar refractivity (Wildman–Crippen MR) is 146 cm³/mol. The first-order valence-electron chi connectivity index (χ1n) is 12.7. The van der Waals surface area contributed by atoms with Gasteiger partial charge in [0, 0.05) is 38.4 Å². The molecule has 3 rings (SSSR count). The molecule has 226 valence electrons. The van der Waals surface area contributed by atoms with Crippen molar-refractivity contribution >= 4 is 39.2 Å². The summed E-state index contributed by atoms with van der Waals surface area (Å²) in [4.78, 5) is 37.1. The van der Waals surface area contributed by atoms with Gasteiger partial charge in [0.1, 0.15) is 0 Å². The maximum Gasteiger partial charge on any atom is 0.490 e. The smallest absolute Gasteiger partial charge is 0.478 e. The zero-order chi connectivity index (χ0) is 30.8. The molecule has 2 aromatic carbocycles. The van der Waals surface area contributed by atoms with E-state index >= 15 is 0 Å². The van der Waals surface area contributed by atoms with Crippen molar-refractivity contribution in [3.8, 4) is 0 Å². The van der Waals surface area contributed by atoms with Crippen LogP contribution in [0, 0.1) is 6.92 Å². The Morgan fingerprint density at radius 1 is 1.00 bits per heavy atom. The number of amides is 1. The lowest BCUT2D eigenvalue weighted by Crippen LogP contribution is -2.49. The molecular weight excluding hydrogens is 569 g/mol. The average Bonchev–Trinajstić information content (AvgIpc) is 2.89. The maximum atomic E-state index is 12.8. The molecule has 0 spiro atoms. The number of aromatic carboxylic acids is 1. The van der Waals surface area contributed by atoms with Gasteiger partial charge in [-0.2, -0.15) is 13.2 Å². The summed E-state index contributed by atoms with van der Waals surface area (Å²) in [6, 6.07) is 11.2. The first-order chi connectivity index (χ1) is 19.2. The number of anilines is 2. The summed E-state index contributed by atoms with van der Waals surface area (Å²) >= 11 is 0. The van der Waals surface area contributed by atoms with Crippen LogP contribution in [0.25, 0.3) is 0 Å². The van der Waals surface area contributed by atoms with Crippen LogP contribution < -0.4 is 14.9 Å². The summed E-state index contributed by atoms with van der Waals surface area (Å²) < 4.78 is 59.8. The van der Waals surface area contributed by atoms with E-state index in [0.29, 0.717) is 50.5 Å². The van der Waals surface area contributed by atoms with Gasteiger partial charge in [-0.15, -0.1) is 0 Å². The number of rotatable bonds is 10. The molecule has 1 aliphatic heterocycles. The van der Waals surface area contributed by atoms with Crippen molar-refractivity contribution in [2.45, 2.75) is 37.8 Å². The van der Waals surface area contributed by atoms with Gasteiger partial charge in [0.25, 0.3) is 10.0 Å². The third-order valence-corrected chi connectivity index (χ3v) is 7.59. The number of unbranched alkanes of at least 4 members (excludes halogenated alkanes) is 1. The van der Waals surface area contributed by atoms with Crippen LogP contribution in [-0.2, 0) is 19.6 Å². The van der Waals surface area contributed by atoms with Crippen molar-refractivity contribution in [1.29, 1.82) is 0 Å². The molecule has 0 aromatic heterocycles. The SMILES string of the molecule is CCCCNC(=O)CN1CCN(c2ccc(NS(=O)(=O)c3ccccc3C)c(C(=O)O)c2)CC1.O=C(O)C(F)(F)F. The summed E-state index contributed by atoms with van der Waals surface area (Å²) in [5.74, 6) is -3.96. The molecule has 0 saturated carbocycles. The Morgan fingerprint density at radius 3 is 2.15 bits per heavy atom. The number of carbonyl (C=O) groups excluding carboxylic acids is 1. The van der Waals surface area contributed by atoms with Crippen molar-refractivity contribution in [3.63, 3.8) is 0 Å². The second-order valence-electron chi connectivity index (χ2n) is 9.18. The zero-order valence-electron chi connectivity index (χ0n) is 22.6. The second kappa shape index (κ2) is 14.7. The van der Waals surface area contributed by atoms with E-state index in [4.69, 9.17) is 9.90 Å². The van der Waals surface area contributed by atoms with E-state index in [1.54, 1.807) is 31.2 Å². The highest BCUT2D eigenvalue weighted by Crippen LogP contribution is 2.27. The van der Waals surface area contributed by atoms with Crippen LogP contribution in [0.15, 0.2) is 47.4 Å². The monoisotopic (exact) mass is 602 g/mol. The Labute approximate surface area is 236 Å². The van der Waals surface area contributed by atoms with E-state index in [2.05, 4.69) is 21.9 Å². The number of nitrogens with one attached hydrogen (secondary N) is 2. The average molecular weight is 603 g/mol. The Balaban J connectivity index is 0.000000745. The number of alkyl halides is 3. The van der Waals surface area contributed by atoms with Gasteiger partial charge in [-0.1, -0.05) is 31.5 Å². The van der Waals surface area contributed by atoms with Crippen molar-refractivity contribution in [1.82, 2.24) is 10.2 Å². The van der Waals surface area contributed by atoms with E-state index in [1.807, 2.05) is 4.90 Å². The van der Waals surface area contributed by atoms with E-state index in [1.165, 1.54) is 18.2 Å². The number of nitrogens with zero attached hydrogens (tertiary/aromatic N) is 2. The van der Waals surface area contributed by atoms with Gasteiger partial charge in [-0.25, -0.2) is 18.0 Å². The summed E-state index contributed by atoms with van der Waals surface area (Å²) in [6.07, 6.45) is -3.09. The Kier molecular flexibility index (Phi) is 11.9. The van der Waals surface area contributed by atoms with Crippen LogP contribution in [0.5, 0.6) is 0 Å². The largest absolute Gasteiger partial charge is 0.490 e. The summed E-state index contributed by atoms with van der Waals surface area (Å²) in [6.45, 7) is 7.41. The van der Waals surface area contributed by atoms with Crippen molar-refractivity contribution in [2.24, 2.45) is 0 Å². The van der Waals surface area contributed by atoms with Crippen LogP contribution in [0.2, 0.25) is 0 Å². The maximum absolute atomic E-state index is 12.8. The van der Waals surface area contributed by atoms with Gasteiger partial charge in [0.15, 0.2) is 0 Å². The third-order valence-electron chi connectivity index (χ3n) is 6.06. The molecule has 0 bridgehead atoms. The van der Waals surface area contributed by atoms with Crippen LogP contribution in [0.3, 0.4) is 0 Å². The number of aryl methyl sites for hydroxylation is 1. The molecule has 0 radical (unpaired) electrons. The third kappa shape index (κ3) is 10.2. The fraction of sp³-hybridized carbons (Fsp3) is 0.423. The number of piperazine rings is 1. The van der Waals surface area contributed by atoms with E-state index in [9.17, 15) is 36.3 Å². The fourth-order valence-electron chi connectivity index (χ4n) is 3.88. The molecule has 0 atom stereocenters. The minimum absolute atomic E-state index is 0.0142. The van der Waals surface area contributed by atoms with E-state index < -0.39 is 28.1 Å². The minimum atomic E-state index is -5.08. The summed E-state index contributed by atoms with van der Waals surface area (Å²) in [5.41, 5.74) is 1.16. The summed E-state index contributed by atoms with van der Waals surface area (Å²) in [7, 11) is -3.94. The van der Waals surface area contributed by atoms with Crippen LogP contribution in [0.1, 0.15) is 35.7 Å². The highest BCUT2D eigenvalue weighted by Gasteiger charge is 2.38. The number of carboxylic acid groups (broad SMARTS) is 2. The van der Waals surface area contributed by atoms with Crippen molar-refractivity contribution in [2.75, 3.05) is 48.9 Å². The topological polar surface area (TPSA) is 156 Å². The van der Waals surface area contributed by atoms with Gasteiger partial charge >= 0.3 is 18.1 Å². The lowest BCUT2D eigenvalue weighted by atomic mass is 10.1. The van der Waals surface area contributed by atoms with Gasteiger partial charge in [-0.3, -0.25) is 14.4 Å². The lowest BCUT2D eigenvalue weighted by molar-refractivity contribution is -0.192. The highest BCUT2D eigenvalue weighted by atomic mass is 32.2.